The van der Waals surface area contributed by atoms with Crippen LogP contribution >= 0.6 is 0 Å². The molecule has 2 aromatic heterocycles. The smallest absolute Gasteiger partial charge is 0.130 e. The summed E-state index contributed by atoms with van der Waals surface area (Å²) in [5, 5.41) is 39.2. The highest BCUT2D eigenvalue weighted by Gasteiger charge is 2.43. The molecule has 0 aliphatic heterocycles. The van der Waals surface area contributed by atoms with Crippen LogP contribution in [0.5, 0.6) is 0 Å². The van der Waals surface area contributed by atoms with E-state index in [1.54, 1.807) is 0 Å². The molecular formula is C28H40N6O4. The normalized spacial score (nSPS) is 25.1. The van der Waals surface area contributed by atoms with Gasteiger partial charge in [-0.05, 0) is 48.7 Å². The lowest BCUT2D eigenvalue weighted by molar-refractivity contribution is 0.0113. The third-order valence-electron chi connectivity index (χ3n) is 8.40. The van der Waals surface area contributed by atoms with E-state index < -0.39 is 12.2 Å². The number of aliphatic hydroxyl groups excluding tert-OH is 4. The van der Waals surface area contributed by atoms with Gasteiger partial charge >= 0.3 is 0 Å². The fourth-order valence-electron chi connectivity index (χ4n) is 5.97. The monoisotopic (exact) mass is 524 g/mol. The molecule has 5 rings (SSSR count). The van der Waals surface area contributed by atoms with E-state index in [-0.39, 0.29) is 36.9 Å². The van der Waals surface area contributed by atoms with Crippen molar-refractivity contribution in [3.8, 4) is 0 Å². The predicted octanol–water partition coefficient (Wildman–Crippen LogP) is 1.78. The van der Waals surface area contributed by atoms with E-state index >= 15 is 0 Å². The molecule has 0 unspecified atom stereocenters. The lowest BCUT2D eigenvalue weighted by atomic mass is 9.87. The summed E-state index contributed by atoms with van der Waals surface area (Å²) >= 11 is 0. The predicted molar refractivity (Wildman–Crippen MR) is 146 cm³/mol. The quantitative estimate of drug-likeness (QED) is 0.297. The Morgan fingerprint density at radius 1 is 0.868 bits per heavy atom. The molecule has 206 valence electrons. The molecule has 2 heterocycles. The molecule has 0 spiro atoms. The maximum atomic E-state index is 10.2. The zero-order chi connectivity index (χ0) is 27.4. The molecule has 0 radical (unpaired) electrons. The average Bonchev–Trinajstić information content (AvgIpc) is 3.63. The van der Waals surface area contributed by atoms with Gasteiger partial charge in [-0.15, -0.1) is 0 Å². The molecule has 0 saturated heterocycles. The Labute approximate surface area is 223 Å². The van der Waals surface area contributed by atoms with E-state index in [1.165, 1.54) is 12.7 Å². The second-order valence-electron chi connectivity index (χ2n) is 10.5. The third kappa shape index (κ3) is 5.44. The first-order chi connectivity index (χ1) is 18.3. The van der Waals surface area contributed by atoms with Gasteiger partial charge in [0.2, 0.25) is 0 Å². The van der Waals surface area contributed by atoms with Crippen molar-refractivity contribution in [3.05, 3.63) is 47.3 Å². The summed E-state index contributed by atoms with van der Waals surface area (Å²) in [5.74, 6) is 1.35. The molecule has 1 fully saturated rings. The second kappa shape index (κ2) is 12.3. The molecule has 0 aromatic carbocycles. The number of nitrogen functional groups attached to an aromatic ring is 2. The Balaban J connectivity index is 0.000000177. The molecule has 2 aromatic rings. The van der Waals surface area contributed by atoms with Gasteiger partial charge in [-0.3, -0.25) is 0 Å². The van der Waals surface area contributed by atoms with Crippen LogP contribution in [0.25, 0.3) is 11.1 Å². The molecule has 6 atom stereocenters. The van der Waals surface area contributed by atoms with Crippen molar-refractivity contribution in [2.75, 3.05) is 24.7 Å². The number of rotatable bonds is 8. The molecule has 0 amide bonds. The molecule has 3 aliphatic carbocycles. The highest BCUT2D eigenvalue weighted by atomic mass is 16.3. The van der Waals surface area contributed by atoms with Crippen molar-refractivity contribution in [3.63, 3.8) is 0 Å². The highest BCUT2D eigenvalue weighted by Crippen LogP contribution is 2.44. The first-order valence-corrected chi connectivity index (χ1v) is 13.5. The number of aromatic nitrogens is 4. The molecule has 0 bridgehead atoms. The van der Waals surface area contributed by atoms with Crippen LogP contribution in [0.2, 0.25) is 0 Å². The molecule has 3 aliphatic rings. The van der Waals surface area contributed by atoms with Gasteiger partial charge in [-0.1, -0.05) is 38.8 Å². The number of fused-ring (bicyclic) bond motifs is 2. The van der Waals surface area contributed by atoms with Crippen LogP contribution in [-0.4, -0.2) is 65.8 Å². The van der Waals surface area contributed by atoms with E-state index in [0.717, 1.165) is 65.8 Å². The van der Waals surface area contributed by atoms with Gasteiger partial charge in [0.1, 0.15) is 24.3 Å². The van der Waals surface area contributed by atoms with Crippen LogP contribution in [0.3, 0.4) is 0 Å². The van der Waals surface area contributed by atoms with Crippen molar-refractivity contribution >= 4 is 22.8 Å². The van der Waals surface area contributed by atoms with E-state index in [0.29, 0.717) is 18.1 Å². The lowest BCUT2D eigenvalue weighted by Gasteiger charge is -2.21. The second-order valence-corrected chi connectivity index (χ2v) is 10.5. The van der Waals surface area contributed by atoms with Gasteiger partial charge < -0.3 is 31.9 Å². The Morgan fingerprint density at radius 2 is 1.50 bits per heavy atom. The zero-order valence-corrected chi connectivity index (χ0v) is 22.2. The largest absolute Gasteiger partial charge is 0.396 e. The third-order valence-corrected chi connectivity index (χ3v) is 8.40. The maximum Gasteiger partial charge on any atom is 0.130 e. The summed E-state index contributed by atoms with van der Waals surface area (Å²) in [4.78, 5) is 16.6. The van der Waals surface area contributed by atoms with Crippen molar-refractivity contribution in [2.45, 2.75) is 64.6 Å². The number of aliphatic hydroxyl groups is 4. The van der Waals surface area contributed by atoms with E-state index in [1.807, 2.05) is 13.8 Å². The number of allylic oxidation sites excluding steroid dienone is 2. The lowest BCUT2D eigenvalue weighted by Crippen LogP contribution is -2.28. The minimum atomic E-state index is -0.710. The Morgan fingerprint density at radius 3 is 2.08 bits per heavy atom. The van der Waals surface area contributed by atoms with E-state index in [4.69, 9.17) is 11.5 Å². The Hall–Kier alpha value is -2.92. The summed E-state index contributed by atoms with van der Waals surface area (Å²) in [6, 6.07) is 0. The highest BCUT2D eigenvalue weighted by molar-refractivity contribution is 5.76. The van der Waals surface area contributed by atoms with Crippen LogP contribution in [0.4, 0.5) is 11.6 Å². The molecular weight excluding hydrogens is 484 g/mol. The molecule has 1 saturated carbocycles. The van der Waals surface area contributed by atoms with Gasteiger partial charge in [0.25, 0.3) is 0 Å². The van der Waals surface area contributed by atoms with Crippen LogP contribution < -0.4 is 11.5 Å². The summed E-state index contributed by atoms with van der Waals surface area (Å²) in [6.45, 7) is 4.30. The number of nitrogens with zero attached hydrogens (tertiary/aromatic N) is 4. The fraction of sp³-hybridized carbons (Fsp3) is 0.571. The average molecular weight is 525 g/mol. The van der Waals surface area contributed by atoms with E-state index in [2.05, 4.69) is 32.1 Å². The minimum absolute atomic E-state index is 0.00708. The van der Waals surface area contributed by atoms with Crippen molar-refractivity contribution in [2.24, 2.45) is 23.7 Å². The summed E-state index contributed by atoms with van der Waals surface area (Å²) in [7, 11) is 0. The van der Waals surface area contributed by atoms with Crippen molar-refractivity contribution in [1.29, 1.82) is 0 Å². The summed E-state index contributed by atoms with van der Waals surface area (Å²) in [5.41, 5.74) is 17.4. The maximum absolute atomic E-state index is 10.2. The van der Waals surface area contributed by atoms with Gasteiger partial charge in [-0.2, -0.15) is 0 Å². The van der Waals surface area contributed by atoms with Crippen molar-refractivity contribution in [1.82, 2.24) is 19.9 Å². The van der Waals surface area contributed by atoms with Crippen LogP contribution in [0.15, 0.2) is 24.8 Å². The number of hydrogen-bond acceptors (Lipinski definition) is 10. The van der Waals surface area contributed by atoms with Crippen molar-refractivity contribution < 1.29 is 20.4 Å². The molecule has 38 heavy (non-hydrogen) atoms. The number of anilines is 2. The fourth-order valence-corrected chi connectivity index (χ4v) is 5.97. The number of hydrogen-bond donors (Lipinski definition) is 6. The van der Waals surface area contributed by atoms with Gasteiger partial charge in [0, 0.05) is 29.6 Å². The van der Waals surface area contributed by atoms with Gasteiger partial charge in [-0.25, -0.2) is 19.9 Å². The van der Waals surface area contributed by atoms with Crippen LogP contribution in [0.1, 0.15) is 62.0 Å². The molecule has 10 heteroatoms. The van der Waals surface area contributed by atoms with Gasteiger partial charge in [0.05, 0.1) is 30.2 Å². The Bertz CT molecular complexity index is 1180. The summed E-state index contributed by atoms with van der Waals surface area (Å²) < 4.78 is 0. The standard InChI is InChI=1S/C14H19N3O2.C14H21N3O2/c1-2-7-5-10(13(19)12(7)18)8-3-4-9-11(8)16-6-17-14(9)15;1-2-9(6-18)5-10(7-19)11-3-4-12-13(11)16-8-17-14(12)15/h3,6-7,10,12-13,18-19H,2,4-5H2,1H3,(H2,15,16,17);3,8-10,18-19H,2,4-7H2,1H3,(H2,15,16,17)/t7-,10-,12+,13-;9-,10+/m00/s1. The van der Waals surface area contributed by atoms with Crippen LogP contribution in [0, 0.1) is 23.7 Å². The first-order valence-electron chi connectivity index (χ1n) is 13.5. The topological polar surface area (TPSA) is 185 Å². The van der Waals surface area contributed by atoms with Gasteiger partial charge in [0.15, 0.2) is 0 Å². The molecule has 10 nitrogen and oxygen atoms in total. The minimum Gasteiger partial charge on any atom is -0.396 e. The SMILES string of the molecule is CC[C@H](CO)C[C@H](CO)C1=CCc2c(N)ncnc21.CC[C@H]1C[C@@H](C2=CCc3c(N)ncnc32)[C@H](O)[C@@H]1O. The first kappa shape index (κ1) is 28.1. The van der Waals surface area contributed by atoms with E-state index in [9.17, 15) is 20.4 Å². The summed E-state index contributed by atoms with van der Waals surface area (Å²) in [6.07, 6.45) is 10.5. The Kier molecular flexibility index (Phi) is 9.09. The van der Waals surface area contributed by atoms with Crippen LogP contribution in [-0.2, 0) is 12.8 Å². The molecule has 8 N–H and O–H groups in total. The number of nitrogens with two attached hydrogens (primary N) is 2. The zero-order valence-electron chi connectivity index (χ0n) is 22.2.